The molecule has 4 nitrogen and oxygen atoms in total. The number of nitrogens with one attached hydrogen (secondary N) is 2. The van der Waals surface area contributed by atoms with Gasteiger partial charge in [0.2, 0.25) is 5.91 Å². The van der Waals surface area contributed by atoms with Crippen molar-refractivity contribution in [1.82, 2.24) is 10.2 Å². The number of carbonyl (C=O) groups excluding carboxylic acids is 1. The first-order chi connectivity index (χ1) is 10.1. The summed E-state index contributed by atoms with van der Waals surface area (Å²) in [5.74, 6) is 0.539. The molecule has 0 radical (unpaired) electrons. The van der Waals surface area contributed by atoms with Crippen LogP contribution in [-0.4, -0.2) is 43.5 Å². The van der Waals surface area contributed by atoms with Crippen molar-refractivity contribution >= 4 is 23.2 Å². The second-order valence-corrected chi connectivity index (χ2v) is 6.24. The molecular formula is C16H24ClN3O. The third kappa shape index (κ3) is 6.04. The highest BCUT2D eigenvalue weighted by Crippen LogP contribution is 2.13. The quantitative estimate of drug-likeness (QED) is 0.814. The van der Waals surface area contributed by atoms with E-state index in [0.29, 0.717) is 17.5 Å². The summed E-state index contributed by atoms with van der Waals surface area (Å²) in [4.78, 5) is 14.3. The number of carbonyl (C=O) groups is 1. The minimum atomic E-state index is -0.0225. The van der Waals surface area contributed by atoms with Crippen molar-refractivity contribution in [2.45, 2.75) is 19.8 Å². The number of likely N-dealkylation sites (tertiary alicyclic amines) is 1. The van der Waals surface area contributed by atoms with Crippen LogP contribution in [0, 0.1) is 5.92 Å². The largest absolute Gasteiger partial charge is 0.325 e. The normalized spacial score (nSPS) is 16.9. The van der Waals surface area contributed by atoms with Crippen LogP contribution in [0.4, 0.5) is 5.69 Å². The Kier molecular flexibility index (Phi) is 6.49. The van der Waals surface area contributed by atoms with Gasteiger partial charge in [-0.1, -0.05) is 18.5 Å². The summed E-state index contributed by atoms with van der Waals surface area (Å²) in [5, 5.41) is 6.74. The van der Waals surface area contributed by atoms with Crippen LogP contribution in [0.5, 0.6) is 0 Å². The second-order valence-electron chi connectivity index (χ2n) is 5.80. The van der Waals surface area contributed by atoms with Gasteiger partial charge in [0, 0.05) is 17.3 Å². The lowest BCUT2D eigenvalue weighted by atomic mass is 10.1. The van der Waals surface area contributed by atoms with E-state index in [0.717, 1.165) is 18.8 Å². The Balaban J connectivity index is 1.61. The van der Waals surface area contributed by atoms with E-state index < -0.39 is 0 Å². The molecule has 1 fully saturated rings. The van der Waals surface area contributed by atoms with Crippen LogP contribution in [0.15, 0.2) is 24.3 Å². The summed E-state index contributed by atoms with van der Waals surface area (Å²) in [6.45, 7) is 6.99. The first kappa shape index (κ1) is 16.3. The van der Waals surface area contributed by atoms with Crippen molar-refractivity contribution in [1.29, 1.82) is 0 Å². The standard InChI is InChI=1S/C16H24ClN3O/c1-13(12-20-8-2-3-9-20)10-18-11-16(21)19-15-6-4-14(17)5-7-15/h4-7,13,18H,2-3,8-12H2,1H3,(H,19,21). The molecule has 1 aliphatic rings. The first-order valence-corrected chi connectivity index (χ1v) is 8.00. The SMILES string of the molecule is CC(CNCC(=O)Nc1ccc(Cl)cc1)CN1CCCC1. The van der Waals surface area contributed by atoms with Crippen molar-refractivity contribution in [2.75, 3.05) is 38.0 Å². The Bertz CT molecular complexity index is 443. The molecular weight excluding hydrogens is 286 g/mol. The second kappa shape index (κ2) is 8.37. The summed E-state index contributed by atoms with van der Waals surface area (Å²) in [5.41, 5.74) is 0.774. The molecule has 1 aromatic rings. The number of rotatable bonds is 7. The maximum Gasteiger partial charge on any atom is 0.238 e. The highest BCUT2D eigenvalue weighted by atomic mass is 35.5. The van der Waals surface area contributed by atoms with Gasteiger partial charge in [0.1, 0.15) is 0 Å². The Labute approximate surface area is 131 Å². The maximum atomic E-state index is 11.8. The van der Waals surface area contributed by atoms with Crippen LogP contribution in [0.2, 0.25) is 5.02 Å². The molecule has 1 aromatic carbocycles. The lowest BCUT2D eigenvalue weighted by Crippen LogP contribution is -2.35. The molecule has 1 amide bonds. The van der Waals surface area contributed by atoms with E-state index in [1.54, 1.807) is 24.3 Å². The fourth-order valence-corrected chi connectivity index (χ4v) is 2.77. The predicted molar refractivity (Wildman–Crippen MR) is 87.8 cm³/mol. The van der Waals surface area contributed by atoms with Crippen LogP contribution < -0.4 is 10.6 Å². The molecule has 1 heterocycles. The zero-order chi connectivity index (χ0) is 15.1. The molecule has 0 aromatic heterocycles. The number of anilines is 1. The summed E-state index contributed by atoms with van der Waals surface area (Å²) in [6.07, 6.45) is 2.65. The molecule has 0 aliphatic carbocycles. The van der Waals surface area contributed by atoms with Gasteiger partial charge in [0.05, 0.1) is 6.54 Å². The van der Waals surface area contributed by atoms with Gasteiger partial charge in [-0.2, -0.15) is 0 Å². The van der Waals surface area contributed by atoms with E-state index in [4.69, 9.17) is 11.6 Å². The number of benzene rings is 1. The molecule has 1 unspecified atom stereocenters. The smallest absolute Gasteiger partial charge is 0.238 e. The number of hydrogen-bond donors (Lipinski definition) is 2. The van der Waals surface area contributed by atoms with Crippen LogP contribution in [0.25, 0.3) is 0 Å². The van der Waals surface area contributed by atoms with Gasteiger partial charge in [-0.05, 0) is 62.7 Å². The van der Waals surface area contributed by atoms with E-state index in [2.05, 4.69) is 22.5 Å². The minimum absolute atomic E-state index is 0.0225. The fraction of sp³-hybridized carbons (Fsp3) is 0.562. The molecule has 1 atom stereocenters. The van der Waals surface area contributed by atoms with Crippen molar-refractivity contribution in [3.05, 3.63) is 29.3 Å². The zero-order valence-corrected chi connectivity index (χ0v) is 13.3. The lowest BCUT2D eigenvalue weighted by Gasteiger charge is -2.20. The van der Waals surface area contributed by atoms with Gasteiger partial charge in [0.25, 0.3) is 0 Å². The fourth-order valence-electron chi connectivity index (χ4n) is 2.64. The molecule has 21 heavy (non-hydrogen) atoms. The molecule has 0 spiro atoms. The van der Waals surface area contributed by atoms with E-state index in [1.165, 1.54) is 25.9 Å². The van der Waals surface area contributed by atoms with Crippen molar-refractivity contribution < 1.29 is 4.79 Å². The van der Waals surface area contributed by atoms with Crippen LogP contribution in [0.1, 0.15) is 19.8 Å². The summed E-state index contributed by atoms with van der Waals surface area (Å²) >= 11 is 5.81. The van der Waals surface area contributed by atoms with Gasteiger partial charge in [-0.15, -0.1) is 0 Å². The van der Waals surface area contributed by atoms with Crippen molar-refractivity contribution in [3.8, 4) is 0 Å². The van der Waals surface area contributed by atoms with Crippen LogP contribution in [-0.2, 0) is 4.79 Å². The van der Waals surface area contributed by atoms with E-state index in [9.17, 15) is 4.79 Å². The van der Waals surface area contributed by atoms with E-state index in [1.807, 2.05) is 0 Å². The van der Waals surface area contributed by atoms with E-state index in [-0.39, 0.29) is 5.91 Å². The summed E-state index contributed by atoms with van der Waals surface area (Å²) in [6, 6.07) is 7.14. The Hall–Kier alpha value is -1.10. The number of amides is 1. The topological polar surface area (TPSA) is 44.4 Å². The van der Waals surface area contributed by atoms with Crippen LogP contribution in [0.3, 0.4) is 0 Å². The minimum Gasteiger partial charge on any atom is -0.325 e. The number of halogens is 1. The number of hydrogen-bond acceptors (Lipinski definition) is 3. The molecule has 2 N–H and O–H groups in total. The van der Waals surface area contributed by atoms with Gasteiger partial charge in [0.15, 0.2) is 0 Å². The van der Waals surface area contributed by atoms with Gasteiger partial charge < -0.3 is 15.5 Å². The maximum absolute atomic E-state index is 11.8. The predicted octanol–water partition coefficient (Wildman–Crippen LogP) is 2.60. The molecule has 116 valence electrons. The summed E-state index contributed by atoms with van der Waals surface area (Å²) in [7, 11) is 0. The molecule has 1 saturated heterocycles. The molecule has 1 aliphatic heterocycles. The zero-order valence-electron chi connectivity index (χ0n) is 12.6. The average molecular weight is 310 g/mol. The van der Waals surface area contributed by atoms with E-state index >= 15 is 0 Å². The monoisotopic (exact) mass is 309 g/mol. The van der Waals surface area contributed by atoms with Gasteiger partial charge in [-0.25, -0.2) is 0 Å². The van der Waals surface area contributed by atoms with Gasteiger partial charge >= 0.3 is 0 Å². The highest BCUT2D eigenvalue weighted by Gasteiger charge is 2.14. The Morgan fingerprint density at radius 1 is 1.29 bits per heavy atom. The first-order valence-electron chi connectivity index (χ1n) is 7.62. The Morgan fingerprint density at radius 2 is 1.95 bits per heavy atom. The lowest BCUT2D eigenvalue weighted by molar-refractivity contribution is -0.115. The number of nitrogens with zero attached hydrogens (tertiary/aromatic N) is 1. The molecule has 2 rings (SSSR count). The van der Waals surface area contributed by atoms with Crippen molar-refractivity contribution in [2.24, 2.45) is 5.92 Å². The molecule has 0 bridgehead atoms. The average Bonchev–Trinajstić information content (AvgIpc) is 2.94. The molecule has 5 heteroatoms. The third-order valence-electron chi connectivity index (χ3n) is 3.67. The van der Waals surface area contributed by atoms with Crippen LogP contribution >= 0.6 is 11.6 Å². The molecule has 0 saturated carbocycles. The van der Waals surface area contributed by atoms with Crippen molar-refractivity contribution in [3.63, 3.8) is 0 Å². The highest BCUT2D eigenvalue weighted by molar-refractivity contribution is 6.30. The third-order valence-corrected chi connectivity index (χ3v) is 3.93. The van der Waals surface area contributed by atoms with Gasteiger partial charge in [-0.3, -0.25) is 4.79 Å². The summed E-state index contributed by atoms with van der Waals surface area (Å²) < 4.78 is 0. The Morgan fingerprint density at radius 3 is 2.62 bits per heavy atom.